The Morgan fingerprint density at radius 3 is 2.83 bits per heavy atom. The van der Waals surface area contributed by atoms with E-state index in [2.05, 4.69) is 26.1 Å². The van der Waals surface area contributed by atoms with Gasteiger partial charge in [0.15, 0.2) is 11.6 Å². The first-order valence-corrected chi connectivity index (χ1v) is 5.67. The van der Waals surface area contributed by atoms with Gasteiger partial charge in [0.2, 0.25) is 11.7 Å². The molecule has 1 heterocycles. The first kappa shape index (κ1) is 13.1. The van der Waals surface area contributed by atoms with E-state index in [4.69, 9.17) is 15.4 Å². The molecule has 0 radical (unpaired) electrons. The number of aliphatic hydroxyl groups is 1. The molecule has 18 heavy (non-hydrogen) atoms. The average molecular weight is 320 g/mol. The van der Waals surface area contributed by atoms with E-state index in [0.717, 1.165) is 6.07 Å². The van der Waals surface area contributed by atoms with E-state index in [0.29, 0.717) is 0 Å². The molecule has 96 valence electrons. The predicted octanol–water partition coefficient (Wildman–Crippen LogP) is 1.77. The van der Waals surface area contributed by atoms with Gasteiger partial charge in [-0.2, -0.15) is 4.98 Å². The Morgan fingerprint density at radius 1 is 1.44 bits per heavy atom. The molecule has 0 saturated heterocycles. The fourth-order valence-corrected chi connectivity index (χ4v) is 1.77. The highest BCUT2D eigenvalue weighted by atomic mass is 79.9. The van der Waals surface area contributed by atoms with E-state index in [1.54, 1.807) is 0 Å². The molecule has 3 N–H and O–H groups in total. The van der Waals surface area contributed by atoms with Crippen molar-refractivity contribution >= 4 is 15.9 Å². The van der Waals surface area contributed by atoms with Gasteiger partial charge in [-0.1, -0.05) is 5.16 Å². The van der Waals surface area contributed by atoms with E-state index in [1.165, 1.54) is 6.07 Å². The minimum absolute atomic E-state index is 0.0177. The second-order valence-electron chi connectivity index (χ2n) is 3.47. The summed E-state index contributed by atoms with van der Waals surface area (Å²) in [5.41, 5.74) is 5.72. The van der Waals surface area contributed by atoms with Gasteiger partial charge in [-0.25, -0.2) is 8.78 Å². The highest BCUT2D eigenvalue weighted by molar-refractivity contribution is 9.10. The molecule has 2 aromatic rings. The molecule has 0 fully saturated rings. The smallest absolute Gasteiger partial charge is 0.246 e. The standard InChI is InChI=1S/C10H8BrF2N3O2/c11-7-4(1-2-5(12)8(7)13)9-15-10(18-16-9)6(14)3-17/h1-2,6,17H,3,14H2. The lowest BCUT2D eigenvalue weighted by atomic mass is 10.2. The van der Waals surface area contributed by atoms with Crippen LogP contribution in [0.3, 0.4) is 0 Å². The largest absolute Gasteiger partial charge is 0.394 e. The van der Waals surface area contributed by atoms with Crippen LogP contribution in [0.15, 0.2) is 21.1 Å². The van der Waals surface area contributed by atoms with E-state index in [9.17, 15) is 8.78 Å². The maximum atomic E-state index is 13.3. The van der Waals surface area contributed by atoms with Gasteiger partial charge in [0.25, 0.3) is 0 Å². The van der Waals surface area contributed by atoms with Crippen molar-refractivity contribution in [1.82, 2.24) is 10.1 Å². The van der Waals surface area contributed by atoms with Gasteiger partial charge in [0.1, 0.15) is 6.04 Å². The van der Waals surface area contributed by atoms with E-state index < -0.39 is 17.7 Å². The molecule has 0 aliphatic carbocycles. The van der Waals surface area contributed by atoms with Gasteiger partial charge in [-0.05, 0) is 28.1 Å². The minimum Gasteiger partial charge on any atom is -0.394 e. The number of nitrogens with two attached hydrogens (primary N) is 1. The number of benzene rings is 1. The fourth-order valence-electron chi connectivity index (χ4n) is 1.27. The van der Waals surface area contributed by atoms with E-state index in [-0.39, 0.29) is 28.4 Å². The van der Waals surface area contributed by atoms with Crippen LogP contribution in [-0.4, -0.2) is 21.9 Å². The summed E-state index contributed by atoms with van der Waals surface area (Å²) >= 11 is 2.91. The van der Waals surface area contributed by atoms with Crippen molar-refractivity contribution in [2.45, 2.75) is 6.04 Å². The molecule has 1 aromatic heterocycles. The van der Waals surface area contributed by atoms with Crippen LogP contribution in [0.5, 0.6) is 0 Å². The first-order chi connectivity index (χ1) is 8.54. The number of hydrogen-bond acceptors (Lipinski definition) is 5. The maximum Gasteiger partial charge on any atom is 0.246 e. The van der Waals surface area contributed by atoms with Gasteiger partial charge in [0, 0.05) is 5.56 Å². The second-order valence-corrected chi connectivity index (χ2v) is 4.26. The van der Waals surface area contributed by atoms with Crippen LogP contribution >= 0.6 is 15.9 Å². The van der Waals surface area contributed by atoms with Crippen LogP contribution in [0.1, 0.15) is 11.9 Å². The van der Waals surface area contributed by atoms with Crippen LogP contribution in [0.4, 0.5) is 8.78 Å². The van der Waals surface area contributed by atoms with Crippen molar-refractivity contribution in [3.8, 4) is 11.4 Å². The summed E-state index contributed by atoms with van der Waals surface area (Å²) in [4.78, 5) is 3.90. The van der Waals surface area contributed by atoms with Crippen LogP contribution in [0.25, 0.3) is 11.4 Å². The summed E-state index contributed by atoms with van der Waals surface area (Å²) < 4.78 is 31.0. The van der Waals surface area contributed by atoms with Gasteiger partial charge < -0.3 is 15.4 Å². The Balaban J connectivity index is 2.43. The lowest BCUT2D eigenvalue weighted by molar-refractivity contribution is 0.237. The molecule has 1 unspecified atom stereocenters. The van der Waals surface area contributed by atoms with Crippen molar-refractivity contribution in [2.75, 3.05) is 6.61 Å². The number of halogens is 3. The Hall–Kier alpha value is -1.38. The van der Waals surface area contributed by atoms with Gasteiger partial charge in [0.05, 0.1) is 11.1 Å². The Bertz CT molecular complexity index is 576. The summed E-state index contributed by atoms with van der Waals surface area (Å²) in [7, 11) is 0. The zero-order valence-electron chi connectivity index (χ0n) is 8.90. The molecule has 0 bridgehead atoms. The zero-order chi connectivity index (χ0) is 13.3. The summed E-state index contributed by atoms with van der Waals surface area (Å²) in [6, 6.07) is 1.45. The summed E-state index contributed by atoms with van der Waals surface area (Å²) in [6.45, 7) is -0.361. The number of hydrogen-bond donors (Lipinski definition) is 2. The fraction of sp³-hybridized carbons (Fsp3) is 0.200. The molecule has 0 aliphatic heterocycles. The second kappa shape index (κ2) is 5.09. The quantitative estimate of drug-likeness (QED) is 0.842. The van der Waals surface area contributed by atoms with Crippen molar-refractivity contribution in [3.63, 3.8) is 0 Å². The molecule has 1 atom stereocenters. The topological polar surface area (TPSA) is 85.2 Å². The Morgan fingerprint density at radius 2 is 2.17 bits per heavy atom. The molecule has 8 heteroatoms. The summed E-state index contributed by atoms with van der Waals surface area (Å²) in [5, 5.41) is 12.4. The minimum atomic E-state index is -1.04. The zero-order valence-corrected chi connectivity index (χ0v) is 10.5. The SMILES string of the molecule is NC(CO)c1nc(-c2ccc(F)c(F)c2Br)no1. The van der Waals surface area contributed by atoms with E-state index >= 15 is 0 Å². The molecule has 0 spiro atoms. The van der Waals surface area contributed by atoms with Crippen molar-refractivity contribution < 1.29 is 18.4 Å². The number of aromatic nitrogens is 2. The summed E-state index contributed by atoms with van der Waals surface area (Å²) in [6.07, 6.45) is 0. The molecular weight excluding hydrogens is 312 g/mol. The molecular formula is C10H8BrF2N3O2. The summed E-state index contributed by atoms with van der Waals surface area (Å²) in [5.74, 6) is -1.95. The van der Waals surface area contributed by atoms with Crippen LogP contribution in [0.2, 0.25) is 0 Å². The van der Waals surface area contributed by atoms with Crippen LogP contribution in [0, 0.1) is 11.6 Å². The lowest BCUT2D eigenvalue weighted by Crippen LogP contribution is -2.14. The number of nitrogens with zero attached hydrogens (tertiary/aromatic N) is 2. The van der Waals surface area contributed by atoms with Crippen LogP contribution < -0.4 is 5.73 Å². The third kappa shape index (κ3) is 2.26. The monoisotopic (exact) mass is 319 g/mol. The maximum absolute atomic E-state index is 13.3. The Kier molecular flexibility index (Phi) is 3.69. The first-order valence-electron chi connectivity index (χ1n) is 4.88. The molecule has 1 aromatic carbocycles. The van der Waals surface area contributed by atoms with Gasteiger partial charge in [-0.3, -0.25) is 0 Å². The molecule has 2 rings (SSSR count). The third-order valence-corrected chi connectivity index (χ3v) is 3.01. The van der Waals surface area contributed by atoms with Crippen LogP contribution in [-0.2, 0) is 0 Å². The van der Waals surface area contributed by atoms with Gasteiger partial charge >= 0.3 is 0 Å². The highest BCUT2D eigenvalue weighted by Crippen LogP contribution is 2.30. The molecule has 0 aliphatic rings. The third-order valence-electron chi connectivity index (χ3n) is 2.23. The average Bonchev–Trinajstić information content (AvgIpc) is 2.84. The van der Waals surface area contributed by atoms with Crippen molar-refractivity contribution in [1.29, 1.82) is 0 Å². The normalized spacial score (nSPS) is 12.7. The lowest BCUT2D eigenvalue weighted by Gasteiger charge is -2.01. The predicted molar refractivity (Wildman–Crippen MR) is 61.4 cm³/mol. The van der Waals surface area contributed by atoms with Gasteiger partial charge in [-0.15, -0.1) is 0 Å². The van der Waals surface area contributed by atoms with E-state index in [1.807, 2.05) is 0 Å². The Labute approximate surface area is 109 Å². The van der Waals surface area contributed by atoms with Crippen molar-refractivity contribution in [2.24, 2.45) is 5.73 Å². The molecule has 5 nitrogen and oxygen atoms in total. The highest BCUT2D eigenvalue weighted by Gasteiger charge is 2.19. The number of rotatable bonds is 3. The number of aliphatic hydroxyl groups excluding tert-OH is 1. The van der Waals surface area contributed by atoms with Crippen molar-refractivity contribution in [3.05, 3.63) is 34.1 Å². The molecule has 0 amide bonds. The molecule has 0 saturated carbocycles.